The van der Waals surface area contributed by atoms with Crippen LogP contribution in [0.5, 0.6) is 0 Å². The van der Waals surface area contributed by atoms with Gasteiger partial charge in [-0.1, -0.05) is 53.8 Å². The summed E-state index contributed by atoms with van der Waals surface area (Å²) < 4.78 is 23.5. The van der Waals surface area contributed by atoms with Crippen LogP contribution in [-0.2, 0) is 21.2 Å². The number of carbonyl (C=O) groups is 1. The van der Waals surface area contributed by atoms with E-state index in [1.807, 2.05) is 42.5 Å². The standard InChI is InChI=1S/C19H15N3O3S2/c20-27(24,25)15-7-8-16-17(11-15)26-19(21-16)22-18(23)10-12-5-6-13-3-1-2-4-14(13)9-12/h1-9,11H,10H2,(H2,20,24,25)(H,21,22,23). The van der Waals surface area contributed by atoms with E-state index in [9.17, 15) is 13.2 Å². The van der Waals surface area contributed by atoms with Crippen LogP contribution in [0.3, 0.4) is 0 Å². The van der Waals surface area contributed by atoms with Crippen LogP contribution < -0.4 is 10.5 Å². The largest absolute Gasteiger partial charge is 0.302 e. The Kier molecular flexibility index (Phi) is 4.39. The topological polar surface area (TPSA) is 102 Å². The van der Waals surface area contributed by atoms with Crippen LogP contribution >= 0.6 is 11.3 Å². The van der Waals surface area contributed by atoms with Crippen LogP contribution in [0.2, 0.25) is 0 Å². The number of amides is 1. The number of hydrogen-bond donors (Lipinski definition) is 2. The maximum atomic E-state index is 12.4. The van der Waals surface area contributed by atoms with E-state index in [1.54, 1.807) is 6.07 Å². The maximum Gasteiger partial charge on any atom is 0.238 e. The number of nitrogens with zero attached hydrogens (tertiary/aromatic N) is 1. The van der Waals surface area contributed by atoms with Crippen molar-refractivity contribution in [3.8, 4) is 0 Å². The molecule has 1 aromatic heterocycles. The molecule has 0 spiro atoms. The van der Waals surface area contributed by atoms with Crippen molar-refractivity contribution in [2.75, 3.05) is 5.32 Å². The Morgan fingerprint density at radius 2 is 1.81 bits per heavy atom. The average molecular weight is 397 g/mol. The highest BCUT2D eigenvalue weighted by Crippen LogP contribution is 2.28. The molecule has 0 bridgehead atoms. The summed E-state index contributed by atoms with van der Waals surface area (Å²) in [4.78, 5) is 16.7. The van der Waals surface area contributed by atoms with E-state index in [-0.39, 0.29) is 17.2 Å². The van der Waals surface area contributed by atoms with Gasteiger partial charge in [0, 0.05) is 0 Å². The zero-order chi connectivity index (χ0) is 19.0. The predicted molar refractivity (Wildman–Crippen MR) is 107 cm³/mol. The second kappa shape index (κ2) is 6.73. The van der Waals surface area contributed by atoms with E-state index in [2.05, 4.69) is 10.3 Å². The zero-order valence-electron chi connectivity index (χ0n) is 14.0. The highest BCUT2D eigenvalue weighted by Gasteiger charge is 2.13. The van der Waals surface area contributed by atoms with Crippen molar-refractivity contribution in [2.45, 2.75) is 11.3 Å². The monoisotopic (exact) mass is 397 g/mol. The Balaban J connectivity index is 1.53. The molecule has 0 aliphatic heterocycles. The van der Waals surface area contributed by atoms with Gasteiger partial charge >= 0.3 is 0 Å². The number of anilines is 1. The van der Waals surface area contributed by atoms with E-state index < -0.39 is 10.0 Å². The van der Waals surface area contributed by atoms with Crippen molar-refractivity contribution in [1.82, 2.24) is 4.98 Å². The van der Waals surface area contributed by atoms with Gasteiger partial charge in [-0.05, 0) is 34.5 Å². The molecule has 1 amide bonds. The first-order chi connectivity index (χ1) is 12.9. The first-order valence-corrected chi connectivity index (χ1v) is 10.5. The Morgan fingerprint density at radius 3 is 2.59 bits per heavy atom. The SMILES string of the molecule is NS(=O)(=O)c1ccc2nc(NC(=O)Cc3ccc4ccccc4c3)sc2c1. The lowest BCUT2D eigenvalue weighted by molar-refractivity contribution is -0.115. The summed E-state index contributed by atoms with van der Waals surface area (Å²) in [7, 11) is -3.78. The Labute approximate surface area is 159 Å². The van der Waals surface area contributed by atoms with E-state index in [1.165, 1.54) is 23.5 Å². The molecule has 0 saturated heterocycles. The molecule has 3 N–H and O–H groups in total. The van der Waals surface area contributed by atoms with E-state index in [4.69, 9.17) is 5.14 Å². The van der Waals surface area contributed by atoms with Gasteiger partial charge in [0.05, 0.1) is 21.5 Å². The number of primary sulfonamides is 1. The van der Waals surface area contributed by atoms with Crippen LogP contribution in [0.1, 0.15) is 5.56 Å². The van der Waals surface area contributed by atoms with Crippen LogP contribution in [0, 0.1) is 0 Å². The predicted octanol–water partition coefficient (Wildman–Crippen LogP) is 3.28. The number of rotatable bonds is 4. The third-order valence-electron chi connectivity index (χ3n) is 4.11. The Hall–Kier alpha value is -2.81. The highest BCUT2D eigenvalue weighted by atomic mass is 32.2. The van der Waals surface area contributed by atoms with Gasteiger partial charge in [-0.25, -0.2) is 18.5 Å². The molecule has 0 atom stereocenters. The number of nitrogens with two attached hydrogens (primary N) is 1. The number of carbonyl (C=O) groups excluding carboxylic acids is 1. The van der Waals surface area contributed by atoms with E-state index in [0.717, 1.165) is 16.3 Å². The molecule has 3 aromatic carbocycles. The van der Waals surface area contributed by atoms with Gasteiger partial charge in [0.25, 0.3) is 0 Å². The molecule has 4 aromatic rings. The van der Waals surface area contributed by atoms with Gasteiger partial charge in [-0.15, -0.1) is 0 Å². The fraction of sp³-hybridized carbons (Fsp3) is 0.0526. The Bertz CT molecular complexity index is 1280. The molecule has 0 unspecified atom stereocenters. The van der Waals surface area contributed by atoms with Crippen LogP contribution in [0.25, 0.3) is 21.0 Å². The lowest BCUT2D eigenvalue weighted by Gasteiger charge is -2.04. The molecular weight excluding hydrogens is 382 g/mol. The number of benzene rings is 3. The first kappa shape index (κ1) is 17.6. The second-order valence-corrected chi connectivity index (χ2v) is 8.69. The van der Waals surface area contributed by atoms with Crippen LogP contribution in [0.15, 0.2) is 65.6 Å². The number of nitrogens with one attached hydrogen (secondary N) is 1. The maximum absolute atomic E-state index is 12.4. The number of aromatic nitrogens is 1. The lowest BCUT2D eigenvalue weighted by atomic mass is 10.1. The molecular formula is C19H15N3O3S2. The molecule has 27 heavy (non-hydrogen) atoms. The second-order valence-electron chi connectivity index (χ2n) is 6.10. The highest BCUT2D eigenvalue weighted by molar-refractivity contribution is 7.89. The van der Waals surface area contributed by atoms with Crippen molar-refractivity contribution >= 4 is 53.4 Å². The molecule has 1 heterocycles. The van der Waals surface area contributed by atoms with Crippen molar-refractivity contribution in [2.24, 2.45) is 5.14 Å². The van der Waals surface area contributed by atoms with Gasteiger partial charge in [0.15, 0.2) is 5.13 Å². The third-order valence-corrected chi connectivity index (χ3v) is 5.96. The van der Waals surface area contributed by atoms with Gasteiger partial charge in [0.2, 0.25) is 15.9 Å². The summed E-state index contributed by atoms with van der Waals surface area (Å²) in [5, 5.41) is 10.5. The summed E-state index contributed by atoms with van der Waals surface area (Å²) in [5.74, 6) is -0.184. The van der Waals surface area contributed by atoms with E-state index >= 15 is 0 Å². The van der Waals surface area contributed by atoms with Gasteiger partial charge in [-0.3, -0.25) is 4.79 Å². The minimum atomic E-state index is -3.78. The molecule has 4 rings (SSSR count). The fourth-order valence-corrected chi connectivity index (χ4v) is 4.37. The third kappa shape index (κ3) is 3.82. The van der Waals surface area contributed by atoms with Gasteiger partial charge < -0.3 is 5.32 Å². The van der Waals surface area contributed by atoms with Crippen molar-refractivity contribution in [3.05, 3.63) is 66.2 Å². The quantitative estimate of drug-likeness (QED) is 0.552. The number of fused-ring (bicyclic) bond motifs is 2. The molecule has 0 radical (unpaired) electrons. The summed E-state index contributed by atoms with van der Waals surface area (Å²) in [5.41, 5.74) is 1.51. The normalized spacial score (nSPS) is 11.7. The minimum Gasteiger partial charge on any atom is -0.302 e. The molecule has 6 nitrogen and oxygen atoms in total. The van der Waals surface area contributed by atoms with Crippen molar-refractivity contribution in [1.29, 1.82) is 0 Å². The molecule has 8 heteroatoms. The molecule has 0 saturated carbocycles. The van der Waals surface area contributed by atoms with Crippen molar-refractivity contribution < 1.29 is 13.2 Å². The smallest absolute Gasteiger partial charge is 0.238 e. The number of thiazole rings is 1. The molecule has 0 fully saturated rings. The summed E-state index contributed by atoms with van der Waals surface area (Å²) in [6, 6.07) is 18.3. The van der Waals surface area contributed by atoms with E-state index in [0.29, 0.717) is 15.3 Å². The number of hydrogen-bond acceptors (Lipinski definition) is 5. The average Bonchev–Trinajstić information content (AvgIpc) is 3.02. The molecule has 0 aliphatic rings. The lowest BCUT2D eigenvalue weighted by Crippen LogP contribution is -2.14. The summed E-state index contributed by atoms with van der Waals surface area (Å²) in [6.07, 6.45) is 0.225. The van der Waals surface area contributed by atoms with Crippen LogP contribution in [-0.4, -0.2) is 19.3 Å². The zero-order valence-corrected chi connectivity index (χ0v) is 15.7. The van der Waals surface area contributed by atoms with Crippen LogP contribution in [0.4, 0.5) is 5.13 Å². The Morgan fingerprint density at radius 1 is 1.04 bits per heavy atom. The first-order valence-electron chi connectivity index (χ1n) is 8.09. The molecule has 136 valence electrons. The fourth-order valence-electron chi connectivity index (χ4n) is 2.83. The molecule has 0 aliphatic carbocycles. The summed E-state index contributed by atoms with van der Waals surface area (Å²) in [6.45, 7) is 0. The minimum absolute atomic E-state index is 0.0210. The number of sulfonamides is 1. The summed E-state index contributed by atoms with van der Waals surface area (Å²) >= 11 is 1.21. The van der Waals surface area contributed by atoms with Crippen molar-refractivity contribution in [3.63, 3.8) is 0 Å². The van der Waals surface area contributed by atoms with Gasteiger partial charge in [-0.2, -0.15) is 0 Å². The van der Waals surface area contributed by atoms with Gasteiger partial charge in [0.1, 0.15) is 0 Å².